The zero-order valence-corrected chi connectivity index (χ0v) is 16.2. The molecule has 0 aliphatic carbocycles. The number of benzene rings is 2. The number of rotatable bonds is 6. The Bertz CT molecular complexity index is 1260. The predicted molar refractivity (Wildman–Crippen MR) is 111 cm³/mol. The van der Waals surface area contributed by atoms with Crippen LogP contribution in [0.15, 0.2) is 71.5 Å². The third kappa shape index (κ3) is 4.08. The van der Waals surface area contributed by atoms with Gasteiger partial charge in [0.05, 0.1) is 23.3 Å². The molecule has 2 heterocycles. The van der Waals surface area contributed by atoms with Crippen molar-refractivity contribution < 1.29 is 19.0 Å². The number of nitro groups is 1. The Morgan fingerprint density at radius 2 is 1.90 bits per heavy atom. The highest BCUT2D eigenvalue weighted by Crippen LogP contribution is 2.30. The number of para-hydroxylation sites is 1. The van der Waals surface area contributed by atoms with E-state index in [9.17, 15) is 14.9 Å². The van der Waals surface area contributed by atoms with Gasteiger partial charge in [0.2, 0.25) is 5.82 Å². The molecular weight excluding hydrogens is 402 g/mol. The van der Waals surface area contributed by atoms with Gasteiger partial charge >= 0.3 is 5.69 Å². The topological polar surface area (TPSA) is 133 Å². The van der Waals surface area contributed by atoms with Crippen LogP contribution in [0.5, 0.6) is 5.75 Å². The maximum atomic E-state index is 12.8. The molecule has 0 saturated heterocycles. The molecule has 0 aliphatic rings. The zero-order valence-electron chi connectivity index (χ0n) is 16.2. The molecule has 0 aliphatic heterocycles. The third-order valence-electron chi connectivity index (χ3n) is 4.41. The smallest absolute Gasteiger partial charge is 0.311 e. The first-order valence-corrected chi connectivity index (χ1v) is 9.04. The Labute approximate surface area is 175 Å². The van der Waals surface area contributed by atoms with Gasteiger partial charge in [0, 0.05) is 29.6 Å². The van der Waals surface area contributed by atoms with Gasteiger partial charge < -0.3 is 14.6 Å². The molecule has 0 atom stereocenters. The van der Waals surface area contributed by atoms with Crippen molar-refractivity contribution in [3.05, 3.63) is 82.7 Å². The fraction of sp³-hybridized carbons (Fsp3) is 0.0476. The molecule has 1 amide bonds. The number of ether oxygens (including phenoxy) is 1. The van der Waals surface area contributed by atoms with Crippen molar-refractivity contribution in [3.8, 4) is 28.6 Å². The van der Waals surface area contributed by atoms with Crippen LogP contribution in [0.25, 0.3) is 22.8 Å². The molecule has 0 fully saturated rings. The number of nitrogens with one attached hydrogen (secondary N) is 1. The first-order valence-electron chi connectivity index (χ1n) is 9.04. The minimum absolute atomic E-state index is 0.0662. The molecular formula is C21H15N5O5. The van der Waals surface area contributed by atoms with Crippen LogP contribution in [-0.2, 0) is 0 Å². The molecule has 4 aromatic rings. The molecule has 31 heavy (non-hydrogen) atoms. The lowest BCUT2D eigenvalue weighted by Crippen LogP contribution is -2.13. The van der Waals surface area contributed by atoms with Gasteiger partial charge in [-0.3, -0.25) is 19.9 Å². The summed E-state index contributed by atoms with van der Waals surface area (Å²) in [6.07, 6.45) is 3.24. The van der Waals surface area contributed by atoms with Crippen LogP contribution in [0.1, 0.15) is 10.4 Å². The van der Waals surface area contributed by atoms with E-state index in [1.165, 1.54) is 19.2 Å². The van der Waals surface area contributed by atoms with Crippen molar-refractivity contribution in [2.75, 3.05) is 12.4 Å². The van der Waals surface area contributed by atoms with Gasteiger partial charge in [-0.25, -0.2) is 0 Å². The Morgan fingerprint density at radius 1 is 1.13 bits per heavy atom. The maximum absolute atomic E-state index is 12.8. The van der Waals surface area contributed by atoms with Crippen LogP contribution in [-0.4, -0.2) is 33.1 Å². The monoisotopic (exact) mass is 417 g/mol. The van der Waals surface area contributed by atoms with Crippen molar-refractivity contribution in [1.82, 2.24) is 15.1 Å². The van der Waals surface area contributed by atoms with E-state index in [1.807, 2.05) is 0 Å². The van der Waals surface area contributed by atoms with Crippen LogP contribution >= 0.6 is 0 Å². The summed E-state index contributed by atoms with van der Waals surface area (Å²) in [4.78, 5) is 31.7. The molecule has 0 saturated carbocycles. The molecule has 2 aromatic heterocycles. The summed E-state index contributed by atoms with van der Waals surface area (Å²) in [6, 6.07) is 14.4. The average Bonchev–Trinajstić information content (AvgIpc) is 3.29. The molecule has 10 heteroatoms. The van der Waals surface area contributed by atoms with Gasteiger partial charge in [0.25, 0.3) is 11.8 Å². The summed E-state index contributed by atoms with van der Waals surface area (Å²) in [6.45, 7) is 0. The molecule has 0 spiro atoms. The minimum Gasteiger partial charge on any atom is -0.490 e. The molecule has 154 valence electrons. The highest BCUT2D eigenvalue weighted by molar-refractivity contribution is 6.06. The van der Waals surface area contributed by atoms with Crippen LogP contribution in [0.2, 0.25) is 0 Å². The molecule has 10 nitrogen and oxygen atoms in total. The number of hydrogen-bond acceptors (Lipinski definition) is 8. The van der Waals surface area contributed by atoms with E-state index in [4.69, 9.17) is 9.26 Å². The fourth-order valence-electron chi connectivity index (χ4n) is 2.90. The number of methoxy groups -OCH3 is 1. The summed E-state index contributed by atoms with van der Waals surface area (Å²) in [7, 11) is 1.32. The molecule has 0 radical (unpaired) electrons. The van der Waals surface area contributed by atoms with Crippen molar-refractivity contribution >= 4 is 17.3 Å². The van der Waals surface area contributed by atoms with Gasteiger partial charge in [-0.1, -0.05) is 17.3 Å². The first-order chi connectivity index (χ1) is 15.1. The van der Waals surface area contributed by atoms with E-state index in [0.717, 1.165) is 11.6 Å². The van der Waals surface area contributed by atoms with Crippen LogP contribution in [0.3, 0.4) is 0 Å². The van der Waals surface area contributed by atoms with Gasteiger partial charge in [-0.15, -0.1) is 0 Å². The predicted octanol–water partition coefficient (Wildman–Crippen LogP) is 3.97. The number of carbonyl (C=O) groups is 1. The number of amides is 1. The quantitative estimate of drug-likeness (QED) is 0.368. The summed E-state index contributed by atoms with van der Waals surface area (Å²) in [5.41, 5.74) is 1.45. The Balaban J connectivity index is 1.63. The summed E-state index contributed by atoms with van der Waals surface area (Å²) < 4.78 is 10.3. The van der Waals surface area contributed by atoms with E-state index < -0.39 is 10.8 Å². The van der Waals surface area contributed by atoms with Gasteiger partial charge in [0.15, 0.2) is 5.75 Å². The fourth-order valence-corrected chi connectivity index (χ4v) is 2.90. The Kier molecular flexibility index (Phi) is 5.35. The van der Waals surface area contributed by atoms with Crippen molar-refractivity contribution in [1.29, 1.82) is 0 Å². The van der Waals surface area contributed by atoms with E-state index in [-0.39, 0.29) is 22.9 Å². The van der Waals surface area contributed by atoms with Crippen molar-refractivity contribution in [3.63, 3.8) is 0 Å². The summed E-state index contributed by atoms with van der Waals surface area (Å²) >= 11 is 0. The number of aromatic nitrogens is 3. The second-order valence-electron chi connectivity index (χ2n) is 6.30. The Hall–Kier alpha value is -4.60. The number of nitrogens with zero attached hydrogens (tertiary/aromatic N) is 4. The van der Waals surface area contributed by atoms with E-state index in [0.29, 0.717) is 17.1 Å². The maximum Gasteiger partial charge on any atom is 0.311 e. The second kappa shape index (κ2) is 8.41. The molecule has 0 unspecified atom stereocenters. The second-order valence-corrected chi connectivity index (χ2v) is 6.30. The number of pyridine rings is 1. The lowest BCUT2D eigenvalue weighted by atomic mass is 10.1. The summed E-state index contributed by atoms with van der Waals surface area (Å²) in [5.74, 6) is 0.122. The SMILES string of the molecule is COc1ccc(C(=O)Nc2ccccc2-c2nc(-c3ccncc3)no2)cc1[N+](=O)[O-]. The van der Waals surface area contributed by atoms with Crippen LogP contribution in [0, 0.1) is 10.1 Å². The third-order valence-corrected chi connectivity index (χ3v) is 4.41. The average molecular weight is 417 g/mol. The molecule has 4 rings (SSSR count). The van der Waals surface area contributed by atoms with Crippen LogP contribution in [0.4, 0.5) is 11.4 Å². The van der Waals surface area contributed by atoms with Crippen molar-refractivity contribution in [2.24, 2.45) is 0 Å². The minimum atomic E-state index is -0.609. The lowest BCUT2D eigenvalue weighted by molar-refractivity contribution is -0.385. The highest BCUT2D eigenvalue weighted by atomic mass is 16.6. The largest absolute Gasteiger partial charge is 0.490 e. The Morgan fingerprint density at radius 3 is 2.65 bits per heavy atom. The van der Waals surface area contributed by atoms with Crippen molar-refractivity contribution in [2.45, 2.75) is 0 Å². The van der Waals surface area contributed by atoms with Gasteiger partial charge in [-0.2, -0.15) is 4.98 Å². The van der Waals surface area contributed by atoms with Gasteiger partial charge in [0.1, 0.15) is 0 Å². The first kappa shape index (κ1) is 19.7. The van der Waals surface area contributed by atoms with Crippen LogP contribution < -0.4 is 10.1 Å². The number of anilines is 1. The highest BCUT2D eigenvalue weighted by Gasteiger charge is 2.20. The van der Waals surface area contributed by atoms with E-state index in [2.05, 4.69) is 20.4 Å². The zero-order chi connectivity index (χ0) is 21.8. The lowest BCUT2D eigenvalue weighted by Gasteiger charge is -2.09. The summed E-state index contributed by atoms with van der Waals surface area (Å²) in [5, 5.41) is 17.9. The number of nitro benzene ring substituents is 1. The molecule has 2 aromatic carbocycles. The molecule has 1 N–H and O–H groups in total. The van der Waals surface area contributed by atoms with E-state index >= 15 is 0 Å². The molecule has 0 bridgehead atoms. The number of hydrogen-bond donors (Lipinski definition) is 1. The normalized spacial score (nSPS) is 10.5. The number of carbonyl (C=O) groups excluding carboxylic acids is 1. The standard InChI is InChI=1S/C21H15N5O5/c1-30-18-7-6-14(12-17(18)26(28)29)20(27)23-16-5-3-2-4-15(16)21-24-19(25-31-21)13-8-10-22-11-9-13/h2-12H,1H3,(H,23,27). The van der Waals surface area contributed by atoms with Gasteiger partial charge in [-0.05, 0) is 36.4 Å². The van der Waals surface area contributed by atoms with E-state index in [1.54, 1.807) is 48.8 Å².